The van der Waals surface area contributed by atoms with Crippen LogP contribution in [-0.2, 0) is 4.74 Å². The number of nitrogens with zero attached hydrogens (tertiary/aromatic N) is 3. The number of hydrogen-bond donors (Lipinski definition) is 1. The Morgan fingerprint density at radius 1 is 1.37 bits per heavy atom. The predicted octanol–water partition coefficient (Wildman–Crippen LogP) is 5.40. The molecule has 9 heteroatoms. The average molecular weight is 409 g/mol. The normalized spacial score (nSPS) is 11.6. The van der Waals surface area contributed by atoms with Gasteiger partial charge in [0.1, 0.15) is 23.1 Å². The summed E-state index contributed by atoms with van der Waals surface area (Å²) in [4.78, 5) is 20.7. The van der Waals surface area contributed by atoms with Crippen molar-refractivity contribution < 1.29 is 13.9 Å². The first-order valence-corrected chi connectivity index (χ1v) is 8.65. The standard InChI is InChI=1S/C18H15Cl2FN4O2/c1-18(2,3)27-17(26)25(4)11-5-10(21)8(6-22)12-13-14(20)9(19)7-23-16(13)24-15(11)12/h5,7H,1-4H3,(H,23,24). The molecule has 0 saturated carbocycles. The van der Waals surface area contributed by atoms with Gasteiger partial charge in [-0.15, -0.1) is 0 Å². The highest BCUT2D eigenvalue weighted by Crippen LogP contribution is 2.40. The summed E-state index contributed by atoms with van der Waals surface area (Å²) in [5.74, 6) is -0.799. The van der Waals surface area contributed by atoms with Gasteiger partial charge < -0.3 is 9.72 Å². The van der Waals surface area contributed by atoms with Crippen LogP contribution in [0.4, 0.5) is 14.9 Å². The number of hydrogen-bond acceptors (Lipinski definition) is 4. The second-order valence-corrected chi connectivity index (χ2v) is 7.71. The molecule has 0 saturated heterocycles. The van der Waals surface area contributed by atoms with Crippen molar-refractivity contribution >= 4 is 56.9 Å². The maximum Gasteiger partial charge on any atom is 0.414 e. The lowest BCUT2D eigenvalue weighted by atomic mass is 10.1. The number of anilines is 1. The van der Waals surface area contributed by atoms with E-state index in [2.05, 4.69) is 9.97 Å². The molecular weight excluding hydrogens is 394 g/mol. The summed E-state index contributed by atoms with van der Waals surface area (Å²) in [5.41, 5.74) is -0.119. The zero-order chi connectivity index (χ0) is 20.1. The van der Waals surface area contributed by atoms with Gasteiger partial charge in [-0.3, -0.25) is 4.90 Å². The first-order chi connectivity index (χ1) is 12.5. The lowest BCUT2D eigenvalue weighted by molar-refractivity contribution is 0.0589. The maximum absolute atomic E-state index is 14.7. The molecule has 3 aromatic rings. The number of benzene rings is 1. The van der Waals surface area contributed by atoms with Gasteiger partial charge in [0.25, 0.3) is 0 Å². The smallest absolute Gasteiger partial charge is 0.414 e. The molecule has 0 fully saturated rings. The Morgan fingerprint density at radius 3 is 2.63 bits per heavy atom. The highest BCUT2D eigenvalue weighted by Gasteiger charge is 2.26. The molecule has 0 atom stereocenters. The number of pyridine rings is 1. The van der Waals surface area contributed by atoms with Crippen LogP contribution in [0.1, 0.15) is 26.3 Å². The summed E-state index contributed by atoms with van der Waals surface area (Å²) in [5, 5.41) is 10.3. The van der Waals surface area contributed by atoms with Crippen molar-refractivity contribution in [2.45, 2.75) is 26.4 Å². The van der Waals surface area contributed by atoms with E-state index in [0.29, 0.717) is 16.6 Å². The maximum atomic E-state index is 14.7. The molecular formula is C18H15Cl2FN4O2. The topological polar surface area (TPSA) is 82.0 Å². The van der Waals surface area contributed by atoms with Crippen LogP contribution in [0.25, 0.3) is 21.9 Å². The molecule has 1 N–H and O–H groups in total. The van der Waals surface area contributed by atoms with Crippen molar-refractivity contribution in [2.24, 2.45) is 0 Å². The minimum atomic E-state index is -0.799. The number of carbonyl (C=O) groups is 1. The Bertz CT molecular complexity index is 1130. The van der Waals surface area contributed by atoms with Crippen LogP contribution in [-0.4, -0.2) is 28.7 Å². The van der Waals surface area contributed by atoms with E-state index in [1.54, 1.807) is 20.8 Å². The summed E-state index contributed by atoms with van der Waals surface area (Å²) in [6.45, 7) is 5.17. The van der Waals surface area contributed by atoms with E-state index >= 15 is 0 Å². The molecule has 0 aliphatic carbocycles. The summed E-state index contributed by atoms with van der Waals surface area (Å²) < 4.78 is 20.0. The SMILES string of the molecule is CN(C(=O)OC(C)(C)C)c1cc(F)c(C#N)c2c1[nH]c1ncc(Cl)c(Cl)c12. The Morgan fingerprint density at radius 2 is 2.04 bits per heavy atom. The highest BCUT2D eigenvalue weighted by molar-refractivity contribution is 6.46. The van der Waals surface area contributed by atoms with E-state index in [4.69, 9.17) is 27.9 Å². The van der Waals surface area contributed by atoms with E-state index in [-0.39, 0.29) is 26.7 Å². The molecule has 0 unspecified atom stereocenters. The number of ether oxygens (including phenoxy) is 1. The number of nitriles is 1. The molecule has 0 radical (unpaired) electrons. The number of H-pyrrole nitrogens is 1. The first-order valence-electron chi connectivity index (χ1n) is 7.90. The van der Waals surface area contributed by atoms with Crippen molar-refractivity contribution in [3.63, 3.8) is 0 Å². The van der Waals surface area contributed by atoms with Crippen LogP contribution in [0.2, 0.25) is 10.0 Å². The average Bonchev–Trinajstić information content (AvgIpc) is 2.95. The fourth-order valence-corrected chi connectivity index (χ4v) is 3.10. The predicted molar refractivity (Wildman–Crippen MR) is 103 cm³/mol. The molecule has 2 aromatic heterocycles. The van der Waals surface area contributed by atoms with E-state index in [0.717, 1.165) is 11.0 Å². The zero-order valence-corrected chi connectivity index (χ0v) is 16.5. The molecule has 1 aromatic carbocycles. The van der Waals surface area contributed by atoms with Gasteiger partial charge in [-0.05, 0) is 20.8 Å². The minimum absolute atomic E-state index is 0.140. The Labute approximate surface area is 164 Å². The van der Waals surface area contributed by atoms with Gasteiger partial charge in [-0.1, -0.05) is 23.2 Å². The third kappa shape index (κ3) is 3.27. The second-order valence-electron chi connectivity index (χ2n) is 6.92. The van der Waals surface area contributed by atoms with E-state index in [1.807, 2.05) is 6.07 Å². The van der Waals surface area contributed by atoms with Gasteiger partial charge in [0.05, 0.1) is 26.8 Å². The third-order valence-corrected chi connectivity index (χ3v) is 4.64. The summed E-state index contributed by atoms with van der Waals surface area (Å²) in [6.07, 6.45) is 0.671. The third-order valence-electron chi connectivity index (χ3n) is 3.87. The Kier molecular flexibility index (Phi) is 4.66. The number of aromatic nitrogens is 2. The van der Waals surface area contributed by atoms with Gasteiger partial charge in [-0.2, -0.15) is 5.26 Å². The largest absolute Gasteiger partial charge is 0.443 e. The zero-order valence-electron chi connectivity index (χ0n) is 14.9. The molecule has 6 nitrogen and oxygen atoms in total. The van der Waals surface area contributed by atoms with Crippen LogP contribution >= 0.6 is 23.2 Å². The summed E-state index contributed by atoms with van der Waals surface area (Å²) in [6, 6.07) is 2.93. The molecule has 0 spiro atoms. The number of rotatable bonds is 1. The number of halogens is 3. The van der Waals surface area contributed by atoms with E-state index < -0.39 is 17.5 Å². The summed E-state index contributed by atoms with van der Waals surface area (Å²) in [7, 11) is 1.45. The minimum Gasteiger partial charge on any atom is -0.443 e. The van der Waals surface area contributed by atoms with Crippen LogP contribution < -0.4 is 4.90 Å². The van der Waals surface area contributed by atoms with Crippen LogP contribution in [0.15, 0.2) is 12.3 Å². The van der Waals surface area contributed by atoms with E-state index in [9.17, 15) is 14.4 Å². The number of nitrogens with one attached hydrogen (secondary N) is 1. The number of carbonyl (C=O) groups excluding carboxylic acids is 1. The fraction of sp³-hybridized carbons (Fsp3) is 0.278. The molecule has 0 bridgehead atoms. The van der Waals surface area contributed by atoms with Crippen LogP contribution in [0.3, 0.4) is 0 Å². The van der Waals surface area contributed by atoms with Gasteiger partial charge in [0.15, 0.2) is 0 Å². The van der Waals surface area contributed by atoms with Crippen molar-refractivity contribution in [1.29, 1.82) is 5.26 Å². The molecule has 27 heavy (non-hydrogen) atoms. The van der Waals surface area contributed by atoms with Crippen LogP contribution in [0, 0.1) is 17.1 Å². The molecule has 0 aliphatic heterocycles. The van der Waals surface area contributed by atoms with E-state index in [1.165, 1.54) is 13.2 Å². The molecule has 1 amide bonds. The monoisotopic (exact) mass is 408 g/mol. The number of fused-ring (bicyclic) bond motifs is 3. The van der Waals surface area contributed by atoms with Crippen LogP contribution in [0.5, 0.6) is 0 Å². The highest BCUT2D eigenvalue weighted by atomic mass is 35.5. The fourth-order valence-electron chi connectivity index (χ4n) is 2.72. The van der Waals surface area contributed by atoms with Crippen molar-refractivity contribution in [2.75, 3.05) is 11.9 Å². The van der Waals surface area contributed by atoms with Crippen molar-refractivity contribution in [1.82, 2.24) is 9.97 Å². The van der Waals surface area contributed by atoms with Crippen molar-refractivity contribution in [3.05, 3.63) is 33.7 Å². The number of aromatic amines is 1. The summed E-state index contributed by atoms with van der Waals surface area (Å²) >= 11 is 12.3. The van der Waals surface area contributed by atoms with Gasteiger partial charge >= 0.3 is 6.09 Å². The molecule has 0 aliphatic rings. The lowest BCUT2D eigenvalue weighted by Gasteiger charge is -2.25. The molecule has 3 rings (SSSR count). The number of amides is 1. The quantitative estimate of drug-likeness (QED) is 0.583. The lowest BCUT2D eigenvalue weighted by Crippen LogP contribution is -2.34. The van der Waals surface area contributed by atoms with Gasteiger partial charge in [-0.25, -0.2) is 14.2 Å². The first kappa shape index (κ1) is 19.2. The van der Waals surface area contributed by atoms with Gasteiger partial charge in [0.2, 0.25) is 0 Å². The Hall–Kier alpha value is -2.56. The molecule has 2 heterocycles. The molecule has 140 valence electrons. The van der Waals surface area contributed by atoms with Crippen molar-refractivity contribution in [3.8, 4) is 6.07 Å². The second kappa shape index (κ2) is 6.55. The Balaban J connectivity index is 2.35. The van der Waals surface area contributed by atoms with Gasteiger partial charge in [0, 0.05) is 30.1 Å².